The smallest absolute Gasteiger partial charge is 0.404 e. The normalized spacial score (nSPS) is 11.3. The predicted octanol–water partition coefficient (Wildman–Crippen LogP) is 3.94. The standard InChI is InChI=1S/C13H10BrF3N2O2/c1-19-7-8(14)6-10(19)12(20)18-9-4-2-3-5-11(9)21-13(15,16)17/h2-7H,1H3,(H,18,20). The number of aromatic nitrogens is 1. The third kappa shape index (κ3) is 4.01. The van der Waals surface area contributed by atoms with Crippen molar-refractivity contribution < 1.29 is 22.7 Å². The molecule has 1 N–H and O–H groups in total. The van der Waals surface area contributed by atoms with E-state index >= 15 is 0 Å². The molecule has 21 heavy (non-hydrogen) atoms. The van der Waals surface area contributed by atoms with E-state index in [1.807, 2.05) is 0 Å². The third-order valence-corrected chi connectivity index (χ3v) is 3.00. The molecule has 0 saturated carbocycles. The summed E-state index contributed by atoms with van der Waals surface area (Å²) in [7, 11) is 1.65. The van der Waals surface area contributed by atoms with Gasteiger partial charge in [0, 0.05) is 17.7 Å². The number of carbonyl (C=O) groups excluding carboxylic acids is 1. The first-order valence-electron chi connectivity index (χ1n) is 5.74. The summed E-state index contributed by atoms with van der Waals surface area (Å²) in [4.78, 5) is 12.1. The quantitative estimate of drug-likeness (QED) is 0.898. The van der Waals surface area contributed by atoms with Gasteiger partial charge in [-0.1, -0.05) is 12.1 Å². The van der Waals surface area contributed by atoms with Gasteiger partial charge in [0.25, 0.3) is 5.91 Å². The molecule has 4 nitrogen and oxygen atoms in total. The van der Waals surface area contributed by atoms with Gasteiger partial charge in [-0.15, -0.1) is 13.2 Å². The number of nitrogens with one attached hydrogen (secondary N) is 1. The van der Waals surface area contributed by atoms with E-state index in [4.69, 9.17) is 0 Å². The second kappa shape index (κ2) is 5.80. The topological polar surface area (TPSA) is 43.3 Å². The van der Waals surface area contributed by atoms with Crippen molar-refractivity contribution in [2.45, 2.75) is 6.36 Å². The fourth-order valence-corrected chi connectivity index (χ4v) is 2.24. The minimum absolute atomic E-state index is 0.0582. The van der Waals surface area contributed by atoms with Crippen LogP contribution in [0.15, 0.2) is 41.0 Å². The summed E-state index contributed by atoms with van der Waals surface area (Å²) in [6.07, 6.45) is -3.16. The van der Waals surface area contributed by atoms with E-state index < -0.39 is 18.0 Å². The summed E-state index contributed by atoms with van der Waals surface area (Å²) in [5.74, 6) is -1.01. The summed E-state index contributed by atoms with van der Waals surface area (Å²) in [5.41, 5.74) is 0.237. The lowest BCUT2D eigenvalue weighted by Crippen LogP contribution is -2.20. The molecule has 1 aromatic carbocycles. The molecule has 0 saturated heterocycles. The van der Waals surface area contributed by atoms with Crippen LogP contribution in [-0.4, -0.2) is 16.8 Å². The Balaban J connectivity index is 2.24. The highest BCUT2D eigenvalue weighted by Crippen LogP contribution is 2.30. The first-order chi connectivity index (χ1) is 9.76. The maximum Gasteiger partial charge on any atom is 0.573 e. The SMILES string of the molecule is Cn1cc(Br)cc1C(=O)Nc1ccccc1OC(F)(F)F. The Morgan fingerprint density at radius 2 is 2.00 bits per heavy atom. The van der Waals surface area contributed by atoms with Crippen molar-refractivity contribution in [2.24, 2.45) is 7.05 Å². The molecule has 0 aliphatic rings. The van der Waals surface area contributed by atoms with Gasteiger partial charge in [-0.05, 0) is 34.1 Å². The minimum Gasteiger partial charge on any atom is -0.404 e. The molecule has 1 amide bonds. The third-order valence-electron chi connectivity index (χ3n) is 2.57. The largest absolute Gasteiger partial charge is 0.573 e. The molecule has 0 aliphatic carbocycles. The van der Waals surface area contributed by atoms with Crippen LogP contribution in [-0.2, 0) is 7.05 Å². The fourth-order valence-electron chi connectivity index (χ4n) is 1.72. The average molecular weight is 363 g/mol. The fraction of sp³-hybridized carbons (Fsp3) is 0.154. The van der Waals surface area contributed by atoms with E-state index in [2.05, 4.69) is 26.0 Å². The van der Waals surface area contributed by atoms with Gasteiger partial charge in [-0.3, -0.25) is 4.79 Å². The lowest BCUT2D eigenvalue weighted by molar-refractivity contribution is -0.274. The summed E-state index contributed by atoms with van der Waals surface area (Å²) >= 11 is 3.22. The van der Waals surface area contributed by atoms with Crippen molar-refractivity contribution in [3.05, 3.63) is 46.7 Å². The maximum absolute atomic E-state index is 12.3. The molecule has 1 aromatic heterocycles. The molecule has 1 heterocycles. The lowest BCUT2D eigenvalue weighted by atomic mass is 10.3. The minimum atomic E-state index is -4.82. The molecule has 0 fully saturated rings. The van der Waals surface area contributed by atoms with Crippen LogP contribution in [0.1, 0.15) is 10.5 Å². The second-order valence-electron chi connectivity index (χ2n) is 4.15. The Labute approximate surface area is 126 Å². The Morgan fingerprint density at radius 3 is 2.57 bits per heavy atom. The van der Waals surface area contributed by atoms with Crippen LogP contribution in [0, 0.1) is 0 Å². The Morgan fingerprint density at radius 1 is 1.33 bits per heavy atom. The first kappa shape index (κ1) is 15.4. The molecule has 0 bridgehead atoms. The zero-order chi connectivity index (χ0) is 15.6. The molecule has 2 aromatic rings. The number of carbonyl (C=O) groups is 1. The Bertz CT molecular complexity index is 668. The number of para-hydroxylation sites is 2. The molecule has 8 heteroatoms. The van der Waals surface area contributed by atoms with Crippen molar-refractivity contribution in [3.8, 4) is 5.75 Å². The van der Waals surface area contributed by atoms with Gasteiger partial charge in [-0.25, -0.2) is 0 Å². The number of hydrogen-bond donors (Lipinski definition) is 1. The number of aryl methyl sites for hydroxylation is 1. The van der Waals surface area contributed by atoms with Gasteiger partial charge >= 0.3 is 6.36 Å². The van der Waals surface area contributed by atoms with Gasteiger partial charge in [0.05, 0.1) is 5.69 Å². The first-order valence-corrected chi connectivity index (χ1v) is 6.53. The molecular formula is C13H10BrF3N2O2. The van der Waals surface area contributed by atoms with Crippen LogP contribution in [0.4, 0.5) is 18.9 Å². The summed E-state index contributed by atoms with van der Waals surface area (Å²) in [6, 6.07) is 6.90. The second-order valence-corrected chi connectivity index (χ2v) is 5.07. The Hall–Kier alpha value is -1.96. The maximum atomic E-state index is 12.3. The van der Waals surface area contributed by atoms with Gasteiger partial charge in [0.2, 0.25) is 0 Å². The van der Waals surface area contributed by atoms with Crippen LogP contribution in [0.3, 0.4) is 0 Å². The number of anilines is 1. The molecule has 0 unspecified atom stereocenters. The zero-order valence-electron chi connectivity index (χ0n) is 10.7. The van der Waals surface area contributed by atoms with E-state index in [0.29, 0.717) is 10.2 Å². The molecule has 2 rings (SSSR count). The predicted molar refractivity (Wildman–Crippen MR) is 74.2 cm³/mol. The van der Waals surface area contributed by atoms with Crippen molar-refractivity contribution in [1.82, 2.24) is 4.57 Å². The van der Waals surface area contributed by atoms with E-state index in [9.17, 15) is 18.0 Å². The van der Waals surface area contributed by atoms with Crippen LogP contribution < -0.4 is 10.1 Å². The van der Waals surface area contributed by atoms with Crippen molar-refractivity contribution in [2.75, 3.05) is 5.32 Å². The number of hydrogen-bond acceptors (Lipinski definition) is 2. The highest BCUT2D eigenvalue weighted by molar-refractivity contribution is 9.10. The van der Waals surface area contributed by atoms with Crippen LogP contribution in [0.25, 0.3) is 0 Å². The van der Waals surface area contributed by atoms with Gasteiger partial charge < -0.3 is 14.6 Å². The average Bonchev–Trinajstić information content (AvgIpc) is 2.69. The Kier molecular flexibility index (Phi) is 4.26. The number of rotatable bonds is 3. The summed E-state index contributed by atoms with van der Waals surface area (Å²) in [6.45, 7) is 0. The van der Waals surface area contributed by atoms with Crippen molar-refractivity contribution in [1.29, 1.82) is 0 Å². The zero-order valence-corrected chi connectivity index (χ0v) is 12.3. The molecule has 0 aliphatic heterocycles. The number of alkyl halides is 3. The van der Waals surface area contributed by atoms with E-state index in [1.165, 1.54) is 18.2 Å². The molecule has 0 atom stereocenters. The summed E-state index contributed by atoms with van der Waals surface area (Å²) in [5, 5.41) is 2.40. The van der Waals surface area contributed by atoms with Gasteiger partial charge in [0.15, 0.2) is 5.75 Å². The monoisotopic (exact) mass is 362 g/mol. The van der Waals surface area contributed by atoms with Gasteiger partial charge in [0.1, 0.15) is 5.69 Å². The molecule has 0 spiro atoms. The van der Waals surface area contributed by atoms with E-state index in [-0.39, 0.29) is 5.69 Å². The number of amides is 1. The molecular weight excluding hydrogens is 353 g/mol. The lowest BCUT2D eigenvalue weighted by Gasteiger charge is -2.13. The number of benzene rings is 1. The molecule has 0 radical (unpaired) electrons. The van der Waals surface area contributed by atoms with Crippen molar-refractivity contribution >= 4 is 27.5 Å². The highest BCUT2D eigenvalue weighted by Gasteiger charge is 2.32. The van der Waals surface area contributed by atoms with Crippen LogP contribution in [0.5, 0.6) is 5.75 Å². The van der Waals surface area contributed by atoms with Gasteiger partial charge in [-0.2, -0.15) is 0 Å². The number of ether oxygens (including phenoxy) is 1. The number of halogens is 4. The summed E-state index contributed by atoms with van der Waals surface area (Å²) < 4.78 is 43.0. The van der Waals surface area contributed by atoms with E-state index in [0.717, 1.165) is 6.07 Å². The van der Waals surface area contributed by atoms with Crippen LogP contribution in [0.2, 0.25) is 0 Å². The number of nitrogens with zero attached hydrogens (tertiary/aromatic N) is 1. The van der Waals surface area contributed by atoms with Crippen molar-refractivity contribution in [3.63, 3.8) is 0 Å². The van der Waals surface area contributed by atoms with E-state index in [1.54, 1.807) is 23.9 Å². The highest BCUT2D eigenvalue weighted by atomic mass is 79.9. The van der Waals surface area contributed by atoms with Crippen LogP contribution >= 0.6 is 15.9 Å². The molecule has 112 valence electrons.